The SMILES string of the molecule is Cc1nc(C)n(Cc2cn(-c3ccc(Cl)cc3)nn2)n1. The molecule has 0 aliphatic rings. The van der Waals surface area contributed by atoms with E-state index in [0.29, 0.717) is 11.6 Å². The summed E-state index contributed by atoms with van der Waals surface area (Å²) in [6, 6.07) is 7.43. The number of halogens is 1. The Bertz CT molecular complexity index is 728. The molecule has 1 aromatic carbocycles. The van der Waals surface area contributed by atoms with E-state index in [4.69, 9.17) is 11.6 Å². The summed E-state index contributed by atoms with van der Waals surface area (Å²) in [5.74, 6) is 1.62. The molecule has 20 heavy (non-hydrogen) atoms. The molecule has 0 atom stereocenters. The maximum Gasteiger partial charge on any atom is 0.147 e. The van der Waals surface area contributed by atoms with Gasteiger partial charge in [-0.15, -0.1) is 5.10 Å². The molecule has 3 rings (SSSR count). The first-order valence-electron chi connectivity index (χ1n) is 6.17. The highest BCUT2D eigenvalue weighted by Crippen LogP contribution is 2.13. The minimum absolute atomic E-state index is 0.556. The number of aromatic nitrogens is 6. The van der Waals surface area contributed by atoms with Gasteiger partial charge in [0.1, 0.15) is 17.3 Å². The molecule has 0 radical (unpaired) electrons. The fourth-order valence-corrected chi connectivity index (χ4v) is 2.08. The molecule has 7 heteroatoms. The first-order chi connectivity index (χ1) is 9.61. The Kier molecular flexibility index (Phi) is 3.23. The van der Waals surface area contributed by atoms with Gasteiger partial charge in [-0.05, 0) is 38.1 Å². The standard InChI is InChI=1S/C13H13ClN6/c1-9-15-10(2)19(17-9)7-12-8-20(18-16-12)13-5-3-11(14)4-6-13/h3-6,8H,7H2,1-2H3. The van der Waals surface area contributed by atoms with Gasteiger partial charge in [-0.3, -0.25) is 0 Å². The van der Waals surface area contributed by atoms with Crippen molar-refractivity contribution in [3.05, 3.63) is 52.8 Å². The zero-order valence-electron chi connectivity index (χ0n) is 11.2. The summed E-state index contributed by atoms with van der Waals surface area (Å²) in [5, 5.41) is 13.3. The van der Waals surface area contributed by atoms with Crippen LogP contribution < -0.4 is 0 Å². The van der Waals surface area contributed by atoms with Crippen LogP contribution in [0, 0.1) is 13.8 Å². The largest absolute Gasteiger partial charge is 0.244 e. The Labute approximate surface area is 121 Å². The maximum atomic E-state index is 5.87. The number of rotatable bonds is 3. The third-order valence-electron chi connectivity index (χ3n) is 2.91. The van der Waals surface area contributed by atoms with Crippen molar-refractivity contribution >= 4 is 11.6 Å². The molecule has 0 spiro atoms. The lowest BCUT2D eigenvalue weighted by atomic mass is 10.3. The van der Waals surface area contributed by atoms with E-state index in [1.54, 1.807) is 4.68 Å². The van der Waals surface area contributed by atoms with E-state index in [1.165, 1.54) is 0 Å². The molecule has 0 aliphatic heterocycles. The van der Waals surface area contributed by atoms with Gasteiger partial charge in [-0.1, -0.05) is 16.8 Å². The summed E-state index contributed by atoms with van der Waals surface area (Å²) in [7, 11) is 0. The van der Waals surface area contributed by atoms with Gasteiger partial charge in [0.15, 0.2) is 0 Å². The summed E-state index contributed by atoms with van der Waals surface area (Å²) in [5.41, 5.74) is 1.74. The maximum absolute atomic E-state index is 5.87. The van der Waals surface area contributed by atoms with Crippen molar-refractivity contribution in [2.24, 2.45) is 0 Å². The zero-order chi connectivity index (χ0) is 14.1. The van der Waals surface area contributed by atoms with E-state index >= 15 is 0 Å². The monoisotopic (exact) mass is 288 g/mol. The van der Waals surface area contributed by atoms with Crippen molar-refractivity contribution in [1.82, 2.24) is 29.8 Å². The van der Waals surface area contributed by atoms with Crippen LogP contribution in [0.3, 0.4) is 0 Å². The Morgan fingerprint density at radius 3 is 2.55 bits per heavy atom. The Hall–Kier alpha value is -2.21. The van der Waals surface area contributed by atoms with E-state index in [-0.39, 0.29) is 0 Å². The van der Waals surface area contributed by atoms with Crippen LogP contribution in [-0.4, -0.2) is 29.8 Å². The third-order valence-corrected chi connectivity index (χ3v) is 3.16. The molecule has 3 aromatic rings. The normalized spacial score (nSPS) is 10.9. The summed E-state index contributed by atoms with van der Waals surface area (Å²) in [4.78, 5) is 4.26. The third kappa shape index (κ3) is 2.55. The Morgan fingerprint density at radius 1 is 1.15 bits per heavy atom. The first-order valence-corrected chi connectivity index (χ1v) is 6.55. The average molecular weight is 289 g/mol. The van der Waals surface area contributed by atoms with Crippen LogP contribution in [0.2, 0.25) is 5.02 Å². The highest BCUT2D eigenvalue weighted by atomic mass is 35.5. The number of benzene rings is 1. The van der Waals surface area contributed by atoms with Crippen LogP contribution in [0.15, 0.2) is 30.5 Å². The molecular weight excluding hydrogens is 276 g/mol. The summed E-state index contributed by atoms with van der Waals surface area (Å²) >= 11 is 5.87. The van der Waals surface area contributed by atoms with Crippen molar-refractivity contribution in [3.8, 4) is 5.69 Å². The van der Waals surface area contributed by atoms with Gasteiger partial charge in [0.2, 0.25) is 0 Å². The van der Waals surface area contributed by atoms with Crippen LogP contribution in [-0.2, 0) is 6.54 Å². The molecule has 0 saturated heterocycles. The average Bonchev–Trinajstić information content (AvgIpc) is 2.98. The smallest absolute Gasteiger partial charge is 0.147 e. The van der Waals surface area contributed by atoms with E-state index in [9.17, 15) is 0 Å². The molecule has 2 aromatic heterocycles. The van der Waals surface area contributed by atoms with Crippen molar-refractivity contribution < 1.29 is 0 Å². The van der Waals surface area contributed by atoms with E-state index in [0.717, 1.165) is 23.0 Å². The van der Waals surface area contributed by atoms with Gasteiger partial charge in [0, 0.05) is 5.02 Å². The van der Waals surface area contributed by atoms with Crippen molar-refractivity contribution in [2.75, 3.05) is 0 Å². The molecule has 0 N–H and O–H groups in total. The zero-order valence-corrected chi connectivity index (χ0v) is 11.9. The van der Waals surface area contributed by atoms with Crippen molar-refractivity contribution in [1.29, 1.82) is 0 Å². The highest BCUT2D eigenvalue weighted by Gasteiger charge is 2.07. The van der Waals surface area contributed by atoms with Gasteiger partial charge in [-0.25, -0.2) is 14.3 Å². The molecule has 0 amide bonds. The number of nitrogens with zero attached hydrogens (tertiary/aromatic N) is 6. The van der Waals surface area contributed by atoms with E-state index in [1.807, 2.05) is 49.0 Å². The lowest BCUT2D eigenvalue weighted by Crippen LogP contribution is -2.04. The van der Waals surface area contributed by atoms with Gasteiger partial charge in [-0.2, -0.15) is 5.10 Å². The lowest BCUT2D eigenvalue weighted by molar-refractivity contribution is 0.642. The second-order valence-corrected chi connectivity index (χ2v) is 4.93. The molecule has 0 bridgehead atoms. The van der Waals surface area contributed by atoms with E-state index in [2.05, 4.69) is 20.4 Å². The summed E-state index contributed by atoms with van der Waals surface area (Å²) in [6.07, 6.45) is 1.87. The minimum Gasteiger partial charge on any atom is -0.244 e. The second kappa shape index (κ2) is 5.05. The molecule has 0 saturated carbocycles. The highest BCUT2D eigenvalue weighted by molar-refractivity contribution is 6.30. The fourth-order valence-electron chi connectivity index (χ4n) is 1.96. The second-order valence-electron chi connectivity index (χ2n) is 4.49. The fraction of sp³-hybridized carbons (Fsp3) is 0.231. The Balaban J connectivity index is 1.83. The van der Waals surface area contributed by atoms with Crippen molar-refractivity contribution in [3.63, 3.8) is 0 Å². The van der Waals surface area contributed by atoms with Crippen LogP contribution in [0.4, 0.5) is 0 Å². The molecule has 102 valence electrons. The predicted octanol–water partition coefficient (Wildman–Crippen LogP) is 2.18. The topological polar surface area (TPSA) is 61.4 Å². The number of hydrogen-bond acceptors (Lipinski definition) is 4. The molecule has 0 fully saturated rings. The summed E-state index contributed by atoms with van der Waals surface area (Å²) < 4.78 is 3.52. The van der Waals surface area contributed by atoms with Crippen LogP contribution in [0.1, 0.15) is 17.3 Å². The molecule has 0 unspecified atom stereocenters. The predicted molar refractivity (Wildman–Crippen MR) is 75.0 cm³/mol. The molecule has 0 aliphatic carbocycles. The lowest BCUT2D eigenvalue weighted by Gasteiger charge is -1.99. The van der Waals surface area contributed by atoms with Crippen LogP contribution in [0.25, 0.3) is 5.69 Å². The molecular formula is C13H13ClN6. The number of hydrogen-bond donors (Lipinski definition) is 0. The Morgan fingerprint density at radius 2 is 1.90 bits per heavy atom. The molecule has 2 heterocycles. The molecule has 6 nitrogen and oxygen atoms in total. The summed E-state index contributed by atoms with van der Waals surface area (Å²) in [6.45, 7) is 4.35. The number of aryl methyl sites for hydroxylation is 2. The van der Waals surface area contributed by atoms with Gasteiger partial charge < -0.3 is 0 Å². The van der Waals surface area contributed by atoms with Gasteiger partial charge in [0.05, 0.1) is 18.4 Å². The van der Waals surface area contributed by atoms with Crippen LogP contribution >= 0.6 is 11.6 Å². The van der Waals surface area contributed by atoms with Crippen LogP contribution in [0.5, 0.6) is 0 Å². The quantitative estimate of drug-likeness (QED) is 0.741. The minimum atomic E-state index is 0.556. The first kappa shape index (κ1) is 12.8. The van der Waals surface area contributed by atoms with Gasteiger partial charge in [0.25, 0.3) is 0 Å². The van der Waals surface area contributed by atoms with E-state index < -0.39 is 0 Å². The van der Waals surface area contributed by atoms with Crippen molar-refractivity contribution in [2.45, 2.75) is 20.4 Å². The van der Waals surface area contributed by atoms with Gasteiger partial charge >= 0.3 is 0 Å².